The molecular formula is C54H87InS3. The van der Waals surface area contributed by atoms with Gasteiger partial charge in [-0.05, 0) is 65.4 Å². The molecule has 0 N–H and O–H groups in total. The van der Waals surface area contributed by atoms with E-state index in [1.165, 1.54) is 50.1 Å². The minimum atomic E-state index is 0. The van der Waals surface area contributed by atoms with Crippen LogP contribution < -0.4 is 0 Å². The van der Waals surface area contributed by atoms with Gasteiger partial charge in [0.05, 0.1) is 0 Å². The molecule has 4 heteroatoms. The molecule has 0 nitrogen and oxygen atoms in total. The van der Waals surface area contributed by atoms with Crippen molar-refractivity contribution in [3.8, 4) is 0 Å². The van der Waals surface area contributed by atoms with Crippen molar-refractivity contribution in [1.29, 1.82) is 0 Å². The Morgan fingerprint density at radius 3 is 0.397 bits per heavy atom. The Hall–Kier alpha value is -0.810. The van der Waals surface area contributed by atoms with Crippen molar-refractivity contribution in [1.82, 2.24) is 0 Å². The SMILES string of the molecule is CC(C)(C)c1cc(C(C)(C)C)c([S-])c(C(C)(C)C)c1.CC(C)(C)c1cc(C(C)(C)C)c([S-])c(C(C)(C)C)c1.CC(C)(C)c1cc(C(C)(C)C)c([S-])c(C(C)(C)C)c1.[In+3]. The maximum atomic E-state index is 5.77. The van der Waals surface area contributed by atoms with Crippen LogP contribution in [0.25, 0.3) is 0 Å². The van der Waals surface area contributed by atoms with Gasteiger partial charge in [-0.3, -0.25) is 0 Å². The molecule has 0 aliphatic rings. The van der Waals surface area contributed by atoms with Crippen molar-refractivity contribution in [2.45, 2.75) is 250 Å². The summed E-state index contributed by atoms with van der Waals surface area (Å²) < 4.78 is 0. The summed E-state index contributed by atoms with van der Waals surface area (Å²) in [5.74, 6) is 0. The molecule has 0 amide bonds. The van der Waals surface area contributed by atoms with Gasteiger partial charge in [0.2, 0.25) is 0 Å². The fourth-order valence-electron chi connectivity index (χ4n) is 6.53. The van der Waals surface area contributed by atoms with Crippen molar-refractivity contribution in [3.63, 3.8) is 0 Å². The molecule has 3 aromatic rings. The van der Waals surface area contributed by atoms with Crippen molar-refractivity contribution >= 4 is 63.7 Å². The van der Waals surface area contributed by atoms with Crippen LogP contribution in [0.15, 0.2) is 51.1 Å². The Kier molecular flexibility index (Phi) is 18.6. The molecule has 0 saturated carbocycles. The van der Waals surface area contributed by atoms with Crippen LogP contribution in [0, 0.1) is 0 Å². The second-order valence-corrected chi connectivity index (χ2v) is 27.2. The van der Waals surface area contributed by atoms with Crippen molar-refractivity contribution in [3.05, 3.63) is 86.5 Å². The zero-order valence-electron chi connectivity index (χ0n) is 42.8. The van der Waals surface area contributed by atoms with Crippen LogP contribution in [0.5, 0.6) is 0 Å². The normalized spacial score (nSPS) is 13.5. The van der Waals surface area contributed by atoms with E-state index in [9.17, 15) is 0 Å². The molecule has 0 heterocycles. The molecule has 0 fully saturated rings. The third-order valence-corrected chi connectivity index (χ3v) is 12.0. The number of rotatable bonds is 0. The van der Waals surface area contributed by atoms with Gasteiger partial charge in [-0.15, -0.1) is 0 Å². The summed E-state index contributed by atoms with van der Waals surface area (Å²) in [5, 5.41) is 0. The number of hydrogen-bond acceptors (Lipinski definition) is 3. The second kappa shape index (κ2) is 18.9. The Morgan fingerprint density at radius 1 is 0.224 bits per heavy atom. The third-order valence-electron chi connectivity index (χ3n) is 10.7. The molecule has 0 unspecified atom stereocenters. The van der Waals surface area contributed by atoms with E-state index in [1.807, 2.05) is 0 Å². The molecular weight excluding hydrogens is 860 g/mol. The largest absolute Gasteiger partial charge is 3.00 e. The number of hydrogen-bond donors (Lipinski definition) is 0. The molecule has 0 radical (unpaired) electrons. The molecule has 0 aliphatic heterocycles. The van der Waals surface area contributed by atoms with Gasteiger partial charge >= 0.3 is 25.8 Å². The van der Waals surface area contributed by atoms with Gasteiger partial charge < -0.3 is 37.9 Å². The van der Waals surface area contributed by atoms with Crippen molar-refractivity contribution in [2.24, 2.45) is 0 Å². The van der Waals surface area contributed by atoms with Crippen LogP contribution in [0.3, 0.4) is 0 Å². The van der Waals surface area contributed by atoms with E-state index in [0.717, 1.165) is 14.7 Å². The van der Waals surface area contributed by atoms with Crippen LogP contribution in [0.1, 0.15) is 237 Å². The predicted molar refractivity (Wildman–Crippen MR) is 270 cm³/mol. The van der Waals surface area contributed by atoms with E-state index in [1.54, 1.807) is 0 Å². The first kappa shape index (κ1) is 57.2. The maximum Gasteiger partial charge on any atom is 3.00 e. The van der Waals surface area contributed by atoms with E-state index < -0.39 is 0 Å². The molecule has 0 aliphatic carbocycles. The fraction of sp³-hybridized carbons (Fsp3) is 0.667. The van der Waals surface area contributed by atoms with Crippen LogP contribution in [0.4, 0.5) is 0 Å². The van der Waals surface area contributed by atoms with Crippen LogP contribution in [-0.2, 0) is 86.6 Å². The standard InChI is InChI=1S/3C18H30S.In/c3*1-16(2,3)12-10-13(17(4,5)6)15(19)14(11-12)18(7,8)9;/h3*10-11,19H,1-9H3;/q;;;+3/p-3. The van der Waals surface area contributed by atoms with Gasteiger partial charge in [0, 0.05) is 0 Å². The Labute approximate surface area is 397 Å². The Balaban J connectivity index is 0.000000833. The topological polar surface area (TPSA) is 0 Å². The summed E-state index contributed by atoms with van der Waals surface area (Å²) in [6.07, 6.45) is 0. The van der Waals surface area contributed by atoms with Crippen LogP contribution in [-0.4, -0.2) is 25.8 Å². The molecule has 58 heavy (non-hydrogen) atoms. The fourth-order valence-corrected chi connectivity index (χ4v) is 8.72. The van der Waals surface area contributed by atoms with Crippen LogP contribution >= 0.6 is 0 Å². The molecule has 3 aromatic carbocycles. The van der Waals surface area contributed by atoms with E-state index >= 15 is 0 Å². The second-order valence-electron chi connectivity index (χ2n) is 26.0. The molecule has 0 atom stereocenters. The summed E-state index contributed by atoms with van der Waals surface area (Å²) in [7, 11) is 0. The minimum Gasteiger partial charge on any atom is -0.779 e. The summed E-state index contributed by atoms with van der Waals surface area (Å²) in [6.45, 7) is 60.9. The van der Waals surface area contributed by atoms with E-state index in [-0.39, 0.29) is 74.6 Å². The quantitative estimate of drug-likeness (QED) is 0.206. The summed E-state index contributed by atoms with van der Waals surface area (Å²) in [4.78, 5) is 3.15. The molecule has 0 saturated heterocycles. The van der Waals surface area contributed by atoms with Gasteiger partial charge in [0.15, 0.2) is 0 Å². The van der Waals surface area contributed by atoms with Crippen molar-refractivity contribution < 1.29 is 0 Å². The van der Waals surface area contributed by atoms with Gasteiger partial charge in [0.25, 0.3) is 0 Å². The first-order chi connectivity index (χ1) is 24.7. The average molecular weight is 947 g/mol. The zero-order valence-corrected chi connectivity index (χ0v) is 48.5. The van der Waals surface area contributed by atoms with Gasteiger partial charge in [-0.25, -0.2) is 0 Å². The van der Waals surface area contributed by atoms with E-state index in [0.29, 0.717) is 0 Å². The smallest absolute Gasteiger partial charge is 0.779 e. The average Bonchev–Trinajstić information content (AvgIpc) is 2.92. The summed E-state index contributed by atoms with van der Waals surface area (Å²) in [6, 6.07) is 13.9. The van der Waals surface area contributed by atoms with E-state index in [2.05, 4.69) is 223 Å². The summed E-state index contributed by atoms with van der Waals surface area (Å²) in [5.41, 5.74) is 13.0. The van der Waals surface area contributed by atoms with Crippen molar-refractivity contribution in [2.75, 3.05) is 0 Å². The van der Waals surface area contributed by atoms with Gasteiger partial charge in [0.1, 0.15) is 0 Å². The molecule has 0 aromatic heterocycles. The molecule has 3 rings (SSSR count). The zero-order chi connectivity index (χ0) is 45.7. The van der Waals surface area contributed by atoms with Crippen LogP contribution in [0.2, 0.25) is 0 Å². The first-order valence-electron chi connectivity index (χ1n) is 21.3. The molecule has 0 bridgehead atoms. The maximum absolute atomic E-state index is 5.77. The van der Waals surface area contributed by atoms with E-state index in [4.69, 9.17) is 37.9 Å². The van der Waals surface area contributed by atoms with Gasteiger partial charge in [-0.1, -0.05) is 257 Å². The molecule has 324 valence electrons. The first-order valence-corrected chi connectivity index (χ1v) is 22.6. The Morgan fingerprint density at radius 2 is 0.328 bits per heavy atom. The minimum absolute atomic E-state index is 0. The number of benzene rings is 3. The predicted octanol–water partition coefficient (Wildman–Crippen LogP) is 16.1. The van der Waals surface area contributed by atoms with Gasteiger partial charge in [-0.2, -0.15) is 14.7 Å². The summed E-state index contributed by atoms with van der Waals surface area (Å²) >= 11 is 17.3. The Bertz CT molecular complexity index is 1510. The third kappa shape index (κ3) is 15.8. The molecule has 0 spiro atoms. The monoisotopic (exact) mass is 947 g/mol.